The summed E-state index contributed by atoms with van der Waals surface area (Å²) in [6.07, 6.45) is 8.73. The Bertz CT molecular complexity index is 1560. The van der Waals surface area contributed by atoms with Gasteiger partial charge in [0, 0.05) is 30.7 Å². The lowest BCUT2D eigenvalue weighted by atomic mass is 10.1. The number of carbonyl (C=O) groups excluding carboxylic acids is 3. The monoisotopic (exact) mass is 714 g/mol. The molecule has 0 aliphatic carbocycles. The molecule has 0 radical (unpaired) electrons. The largest absolute Gasteiger partial charge is 0.478 e. The number of amides is 3. The number of rotatable bonds is 9. The Balaban J connectivity index is 0.00000131. The van der Waals surface area contributed by atoms with Gasteiger partial charge < -0.3 is 21.5 Å². The van der Waals surface area contributed by atoms with Crippen molar-refractivity contribution in [1.29, 1.82) is 0 Å². The van der Waals surface area contributed by atoms with Gasteiger partial charge in [0.05, 0.1) is 5.56 Å². The third-order valence-electron chi connectivity index (χ3n) is 5.93. The second kappa shape index (κ2) is 25.2. The minimum atomic E-state index is -1.03. The van der Waals surface area contributed by atoms with Gasteiger partial charge in [0.15, 0.2) is 0 Å². The molecule has 4 rings (SSSR count). The Morgan fingerprint density at radius 1 is 1.06 bits per heavy atom. The molecule has 2 aromatic rings. The summed E-state index contributed by atoms with van der Waals surface area (Å²) in [4.78, 5) is 49.7. The number of hydrogen-bond acceptors (Lipinski definition) is 7. The molecule has 2 aliphatic rings. The number of carbonyl (C=O) groups is 4. The van der Waals surface area contributed by atoms with Crippen LogP contribution in [0.1, 0.15) is 49.2 Å². The van der Waals surface area contributed by atoms with Gasteiger partial charge in [-0.3, -0.25) is 19.4 Å². The smallest absolute Gasteiger partial charge is 0.335 e. The van der Waals surface area contributed by atoms with Gasteiger partial charge in [-0.2, -0.15) is 0 Å². The van der Waals surface area contributed by atoms with Crippen LogP contribution in [-0.2, 0) is 27.5 Å². The maximum absolute atomic E-state index is 13.1. The van der Waals surface area contributed by atoms with Crippen molar-refractivity contribution in [2.75, 3.05) is 13.2 Å². The van der Waals surface area contributed by atoms with Crippen LogP contribution in [0.25, 0.3) is 0 Å². The van der Waals surface area contributed by atoms with Crippen molar-refractivity contribution < 1.29 is 28.7 Å². The van der Waals surface area contributed by atoms with Crippen molar-refractivity contribution in [3.63, 3.8) is 0 Å². The number of benzene rings is 2. The van der Waals surface area contributed by atoms with E-state index in [1.165, 1.54) is 35.4 Å². The fraction of sp³-hybridized carbons (Fsp3) is 0.229. The van der Waals surface area contributed by atoms with Crippen LogP contribution in [0.4, 0.5) is 4.39 Å². The summed E-state index contributed by atoms with van der Waals surface area (Å²) < 4.78 is 13.1. The minimum Gasteiger partial charge on any atom is -0.478 e. The second-order valence-electron chi connectivity index (χ2n) is 9.22. The molecule has 3 amide bonds. The van der Waals surface area contributed by atoms with Crippen molar-refractivity contribution >= 4 is 50.7 Å². The number of aromatic carboxylic acids is 1. The highest BCUT2D eigenvalue weighted by molar-refractivity contribution is 7.15. The number of carboxylic acids is 1. The molecule has 2 aliphatic heterocycles. The lowest BCUT2D eigenvalue weighted by Gasteiger charge is -2.26. The molecule has 264 valence electrons. The molecule has 1 unspecified atom stereocenters. The van der Waals surface area contributed by atoms with Crippen molar-refractivity contribution in [2.24, 2.45) is 10.7 Å². The number of aliphatic imine (C=N–C) groups is 1. The maximum atomic E-state index is 13.1. The summed E-state index contributed by atoms with van der Waals surface area (Å²) >= 11 is 5.58. The van der Waals surface area contributed by atoms with Crippen molar-refractivity contribution in [2.45, 2.75) is 40.8 Å². The minimum absolute atomic E-state index is 0.0763. The van der Waals surface area contributed by atoms with Gasteiger partial charge in [-0.1, -0.05) is 75.1 Å². The summed E-state index contributed by atoms with van der Waals surface area (Å²) in [5.74, 6) is -1.81. The van der Waals surface area contributed by atoms with Crippen LogP contribution < -0.4 is 21.8 Å². The van der Waals surface area contributed by atoms with E-state index in [1.54, 1.807) is 36.4 Å². The van der Waals surface area contributed by atoms with Crippen molar-refractivity contribution in [1.82, 2.24) is 21.1 Å². The molecule has 0 fully saturated rings. The Morgan fingerprint density at radius 3 is 2.06 bits per heavy atom. The SMILES string of the molecule is C=C/C=C(Cl)\C=C/C.CC.CC1=C2N=C(C(=O)NCc3ccc(F)cc3)C=C(C(=O)NCc3ccc(C(=O)O)cc3)N2NC1.CP.NC=O. The summed E-state index contributed by atoms with van der Waals surface area (Å²) in [6.45, 7) is 14.0. The zero-order valence-corrected chi connectivity index (χ0v) is 30.2. The third kappa shape index (κ3) is 15.7. The first-order valence-electron chi connectivity index (χ1n) is 15.0. The number of halogens is 2. The molecule has 2 aromatic carbocycles. The lowest BCUT2D eigenvalue weighted by molar-refractivity contribution is -0.119. The van der Waals surface area contributed by atoms with Crippen LogP contribution in [0.15, 0.2) is 113 Å². The highest BCUT2D eigenvalue weighted by Gasteiger charge is 2.32. The summed E-state index contributed by atoms with van der Waals surface area (Å²) in [7, 11) is 2.42. The van der Waals surface area contributed by atoms with Crippen molar-refractivity contribution in [3.05, 3.63) is 130 Å². The molecule has 1 atom stereocenters. The molecular formula is C35H45ClFN6O5P. The molecule has 0 saturated carbocycles. The highest BCUT2D eigenvalue weighted by Crippen LogP contribution is 2.25. The number of hydrazine groups is 1. The van der Waals surface area contributed by atoms with Gasteiger partial charge in [0.25, 0.3) is 11.8 Å². The van der Waals surface area contributed by atoms with E-state index in [4.69, 9.17) is 21.5 Å². The number of hydrogen-bond donors (Lipinski definition) is 5. The van der Waals surface area contributed by atoms with Gasteiger partial charge in [0.2, 0.25) is 6.41 Å². The predicted octanol–water partition coefficient (Wildman–Crippen LogP) is 5.34. The molecule has 2 heterocycles. The summed E-state index contributed by atoms with van der Waals surface area (Å²) in [5, 5.41) is 16.8. The average Bonchev–Trinajstić information content (AvgIpc) is 3.49. The zero-order chi connectivity index (χ0) is 37.4. The molecule has 14 heteroatoms. The molecule has 11 nitrogen and oxygen atoms in total. The van der Waals surface area contributed by atoms with E-state index in [-0.39, 0.29) is 42.3 Å². The first-order chi connectivity index (χ1) is 23.5. The molecule has 0 bridgehead atoms. The lowest BCUT2D eigenvalue weighted by Crippen LogP contribution is -2.42. The predicted molar refractivity (Wildman–Crippen MR) is 198 cm³/mol. The first-order valence-corrected chi connectivity index (χ1v) is 16.6. The molecule has 49 heavy (non-hydrogen) atoms. The topological polar surface area (TPSA) is 166 Å². The molecule has 0 aromatic heterocycles. The van der Waals surface area contributed by atoms with E-state index in [2.05, 4.69) is 42.6 Å². The van der Waals surface area contributed by atoms with Crippen LogP contribution in [-0.4, -0.2) is 53.2 Å². The van der Waals surface area contributed by atoms with E-state index in [1.807, 2.05) is 46.5 Å². The Labute approximate surface area is 294 Å². The van der Waals surface area contributed by atoms with E-state index in [9.17, 15) is 18.8 Å². The quantitative estimate of drug-likeness (QED) is 0.133. The highest BCUT2D eigenvalue weighted by atomic mass is 35.5. The van der Waals surface area contributed by atoms with Crippen LogP contribution in [0, 0.1) is 5.82 Å². The Kier molecular flexibility index (Phi) is 22.6. The van der Waals surface area contributed by atoms with Gasteiger partial charge >= 0.3 is 5.97 Å². The van der Waals surface area contributed by atoms with Crippen LogP contribution in [0.2, 0.25) is 0 Å². The van der Waals surface area contributed by atoms with Crippen LogP contribution >= 0.6 is 20.8 Å². The van der Waals surface area contributed by atoms with E-state index in [0.29, 0.717) is 17.4 Å². The van der Waals surface area contributed by atoms with E-state index < -0.39 is 17.8 Å². The Morgan fingerprint density at radius 2 is 1.57 bits per heavy atom. The maximum Gasteiger partial charge on any atom is 0.335 e. The van der Waals surface area contributed by atoms with Gasteiger partial charge in [-0.05, 0) is 67.0 Å². The zero-order valence-electron chi connectivity index (χ0n) is 28.3. The number of allylic oxidation sites excluding steroid dienone is 5. The van der Waals surface area contributed by atoms with Gasteiger partial charge in [-0.25, -0.2) is 19.6 Å². The third-order valence-corrected chi connectivity index (χ3v) is 6.18. The van der Waals surface area contributed by atoms with E-state index in [0.717, 1.165) is 16.7 Å². The summed E-state index contributed by atoms with van der Waals surface area (Å²) in [6, 6.07) is 12.0. The molecular weight excluding hydrogens is 670 g/mol. The van der Waals surface area contributed by atoms with Crippen LogP contribution in [0.5, 0.6) is 0 Å². The first kappa shape index (κ1) is 44.1. The number of primary amides is 1. The number of nitrogens with one attached hydrogen (secondary N) is 3. The van der Waals surface area contributed by atoms with Crippen LogP contribution in [0.3, 0.4) is 0 Å². The summed E-state index contributed by atoms with van der Waals surface area (Å²) in [5.41, 5.74) is 9.99. The standard InChI is InChI=1S/C24H22FN5O4.C7H9Cl.C2H6.CH3NO.CH5P/c1-14-11-28-30-20(23(32)27-13-15-2-6-17(7-3-15)24(33)34)10-19(29-21(14)30)22(31)26-12-16-4-8-18(25)9-5-16;1-3-5-7(8)6-4-2;1-2;2-1-3;1-2/h2-10,28H,11-13H2,1H3,(H,26,31)(H,27,32)(H,33,34);3-6H,1H2,2H3;1-2H3;1H,(H2,2,3);2H2,1H3/b;6-4-,7-5+;;;. The number of nitrogens with two attached hydrogens (primary N) is 1. The fourth-order valence-electron chi connectivity index (χ4n) is 3.75. The Hall–Kier alpha value is -4.90. The number of fused-ring (bicyclic) bond motifs is 1. The van der Waals surface area contributed by atoms with Crippen molar-refractivity contribution in [3.8, 4) is 0 Å². The van der Waals surface area contributed by atoms with E-state index >= 15 is 0 Å². The fourth-order valence-corrected chi connectivity index (χ4v) is 3.97. The number of nitrogens with zero attached hydrogens (tertiary/aromatic N) is 2. The van der Waals surface area contributed by atoms with Gasteiger partial charge in [-0.15, -0.1) is 9.24 Å². The van der Waals surface area contributed by atoms with Gasteiger partial charge in [0.1, 0.15) is 23.0 Å². The average molecular weight is 715 g/mol. The second-order valence-corrected chi connectivity index (χ2v) is 9.65. The molecule has 6 N–H and O–H groups in total. The number of carboxylic acid groups (broad SMARTS) is 1. The molecule has 0 spiro atoms. The normalized spacial score (nSPS) is 12.8. The molecule has 0 saturated heterocycles.